The fraction of sp³-hybridized carbons (Fsp3) is 0.875. The van der Waals surface area contributed by atoms with E-state index < -0.39 is 0 Å². The van der Waals surface area contributed by atoms with Gasteiger partial charge in [0.25, 0.3) is 0 Å². The summed E-state index contributed by atoms with van der Waals surface area (Å²) in [5, 5.41) is 7.49. The molecule has 0 amide bonds. The first-order chi connectivity index (χ1) is 5.20. The summed E-state index contributed by atoms with van der Waals surface area (Å²) in [5.41, 5.74) is 0. The van der Waals surface area contributed by atoms with Gasteiger partial charge in [-0.25, -0.2) is 0 Å². The third kappa shape index (κ3) is 2.73. The molecule has 1 aliphatic rings. The molecule has 0 aromatic heterocycles. The van der Waals surface area contributed by atoms with Crippen LogP contribution in [-0.4, -0.2) is 35.3 Å². The van der Waals surface area contributed by atoms with Gasteiger partial charge in [0.2, 0.25) is 0 Å². The normalized spacial score (nSPS) is 26.4. The molecule has 1 aliphatic heterocycles. The molecule has 1 unspecified atom stereocenters. The SMILES string of the molecule is CC(=N)N1CCSCC(C)C1. The number of thioether (sulfide) groups is 1. The molecule has 0 spiro atoms. The molecule has 0 aliphatic carbocycles. The minimum atomic E-state index is 0.722. The Bertz CT molecular complexity index is 147. The van der Waals surface area contributed by atoms with Crippen LogP contribution in [0, 0.1) is 11.3 Å². The number of amidine groups is 1. The Morgan fingerprint density at radius 1 is 1.64 bits per heavy atom. The van der Waals surface area contributed by atoms with Gasteiger partial charge in [0.15, 0.2) is 0 Å². The fourth-order valence-electron chi connectivity index (χ4n) is 1.28. The number of nitrogens with one attached hydrogen (secondary N) is 1. The van der Waals surface area contributed by atoms with Crippen molar-refractivity contribution in [2.45, 2.75) is 13.8 Å². The van der Waals surface area contributed by atoms with Gasteiger partial charge >= 0.3 is 0 Å². The van der Waals surface area contributed by atoms with Crippen LogP contribution in [0.25, 0.3) is 0 Å². The molecule has 1 fully saturated rings. The van der Waals surface area contributed by atoms with Gasteiger partial charge in [-0.2, -0.15) is 11.8 Å². The molecule has 1 heterocycles. The first-order valence-electron chi connectivity index (χ1n) is 4.08. The molecule has 0 saturated carbocycles. The first kappa shape index (κ1) is 8.91. The van der Waals surface area contributed by atoms with Crippen LogP contribution < -0.4 is 0 Å². The minimum Gasteiger partial charge on any atom is -0.360 e. The van der Waals surface area contributed by atoms with E-state index in [9.17, 15) is 0 Å². The predicted molar refractivity (Wildman–Crippen MR) is 51.5 cm³/mol. The predicted octanol–water partition coefficient (Wildman–Crippen LogP) is 1.67. The van der Waals surface area contributed by atoms with Crippen LogP contribution in [0.3, 0.4) is 0 Å². The summed E-state index contributed by atoms with van der Waals surface area (Å²) in [7, 11) is 0. The highest BCUT2D eigenvalue weighted by molar-refractivity contribution is 7.99. The van der Waals surface area contributed by atoms with Crippen LogP contribution in [0.4, 0.5) is 0 Å². The second-order valence-electron chi connectivity index (χ2n) is 3.21. The Kier molecular flexibility index (Phi) is 3.24. The van der Waals surface area contributed by atoms with E-state index in [2.05, 4.69) is 11.8 Å². The maximum absolute atomic E-state index is 7.49. The molecule has 1 rings (SSSR count). The van der Waals surface area contributed by atoms with E-state index >= 15 is 0 Å². The number of hydrogen-bond acceptors (Lipinski definition) is 2. The quantitative estimate of drug-likeness (QED) is 0.444. The number of nitrogens with zero attached hydrogens (tertiary/aromatic N) is 1. The lowest BCUT2D eigenvalue weighted by atomic mass is 10.2. The van der Waals surface area contributed by atoms with E-state index in [0.29, 0.717) is 0 Å². The Labute approximate surface area is 72.9 Å². The highest BCUT2D eigenvalue weighted by atomic mass is 32.2. The van der Waals surface area contributed by atoms with Crippen molar-refractivity contribution >= 4 is 17.6 Å². The van der Waals surface area contributed by atoms with Crippen molar-refractivity contribution in [3.8, 4) is 0 Å². The lowest BCUT2D eigenvalue weighted by Crippen LogP contribution is -2.32. The van der Waals surface area contributed by atoms with Crippen molar-refractivity contribution in [1.29, 1.82) is 5.41 Å². The van der Waals surface area contributed by atoms with E-state index in [0.717, 1.165) is 24.8 Å². The number of hydrogen-bond donors (Lipinski definition) is 1. The molecule has 1 N–H and O–H groups in total. The van der Waals surface area contributed by atoms with Gasteiger partial charge in [0, 0.05) is 18.8 Å². The average molecular weight is 172 g/mol. The molecule has 2 nitrogen and oxygen atoms in total. The van der Waals surface area contributed by atoms with Crippen LogP contribution in [0.1, 0.15) is 13.8 Å². The molecular formula is C8H16N2S. The lowest BCUT2D eigenvalue weighted by molar-refractivity contribution is 0.390. The summed E-state index contributed by atoms with van der Waals surface area (Å²) in [5.74, 6) is 3.90. The van der Waals surface area contributed by atoms with Crippen molar-refractivity contribution < 1.29 is 0 Å². The van der Waals surface area contributed by atoms with Gasteiger partial charge < -0.3 is 4.90 Å². The van der Waals surface area contributed by atoms with E-state index in [-0.39, 0.29) is 0 Å². The second kappa shape index (κ2) is 4.00. The van der Waals surface area contributed by atoms with Gasteiger partial charge in [-0.15, -0.1) is 0 Å². The van der Waals surface area contributed by atoms with Crippen LogP contribution in [0.2, 0.25) is 0 Å². The van der Waals surface area contributed by atoms with Gasteiger partial charge in [0.1, 0.15) is 0 Å². The Morgan fingerprint density at radius 2 is 2.36 bits per heavy atom. The van der Waals surface area contributed by atoms with Gasteiger partial charge in [0.05, 0.1) is 5.84 Å². The zero-order valence-electron chi connectivity index (χ0n) is 7.26. The average Bonchev–Trinajstić information content (AvgIpc) is 2.13. The summed E-state index contributed by atoms with van der Waals surface area (Å²) < 4.78 is 0. The molecule has 0 radical (unpaired) electrons. The fourth-order valence-corrected chi connectivity index (χ4v) is 2.31. The van der Waals surface area contributed by atoms with Crippen LogP contribution in [0.15, 0.2) is 0 Å². The number of rotatable bonds is 0. The first-order valence-corrected chi connectivity index (χ1v) is 5.23. The molecule has 3 heteroatoms. The minimum absolute atomic E-state index is 0.722. The molecule has 0 bridgehead atoms. The van der Waals surface area contributed by atoms with Crippen molar-refractivity contribution in [2.24, 2.45) is 5.92 Å². The van der Waals surface area contributed by atoms with Crippen molar-refractivity contribution in [1.82, 2.24) is 4.90 Å². The van der Waals surface area contributed by atoms with Crippen LogP contribution in [0.5, 0.6) is 0 Å². The summed E-state index contributed by atoms with van der Waals surface area (Å²) in [4.78, 5) is 2.17. The monoisotopic (exact) mass is 172 g/mol. The van der Waals surface area contributed by atoms with Crippen molar-refractivity contribution in [2.75, 3.05) is 24.6 Å². The lowest BCUT2D eigenvalue weighted by Gasteiger charge is -2.22. The van der Waals surface area contributed by atoms with Gasteiger partial charge in [-0.1, -0.05) is 6.92 Å². The maximum Gasteiger partial charge on any atom is 0.0926 e. The molecule has 11 heavy (non-hydrogen) atoms. The summed E-state index contributed by atoms with van der Waals surface area (Å²) in [6.07, 6.45) is 0. The molecule has 1 atom stereocenters. The Morgan fingerprint density at radius 3 is 3.00 bits per heavy atom. The zero-order chi connectivity index (χ0) is 8.27. The van der Waals surface area contributed by atoms with Gasteiger partial charge in [-0.05, 0) is 18.6 Å². The third-order valence-corrected chi connectivity index (χ3v) is 3.19. The van der Waals surface area contributed by atoms with Gasteiger partial charge in [-0.3, -0.25) is 5.41 Å². The molecule has 0 aromatic carbocycles. The largest absolute Gasteiger partial charge is 0.360 e. The van der Waals surface area contributed by atoms with Crippen LogP contribution >= 0.6 is 11.8 Å². The van der Waals surface area contributed by atoms with E-state index in [1.54, 1.807) is 0 Å². The molecule has 64 valence electrons. The summed E-state index contributed by atoms with van der Waals surface area (Å²) in [6, 6.07) is 0. The molecule has 0 aromatic rings. The highest BCUT2D eigenvalue weighted by Crippen LogP contribution is 2.14. The Hall–Kier alpha value is -0.180. The van der Waals surface area contributed by atoms with Crippen molar-refractivity contribution in [3.63, 3.8) is 0 Å². The highest BCUT2D eigenvalue weighted by Gasteiger charge is 2.14. The molecule has 1 saturated heterocycles. The van der Waals surface area contributed by atoms with E-state index in [1.165, 1.54) is 11.5 Å². The smallest absolute Gasteiger partial charge is 0.0926 e. The summed E-state index contributed by atoms with van der Waals surface area (Å²) in [6.45, 7) is 6.27. The maximum atomic E-state index is 7.49. The van der Waals surface area contributed by atoms with E-state index in [4.69, 9.17) is 5.41 Å². The zero-order valence-corrected chi connectivity index (χ0v) is 8.08. The van der Waals surface area contributed by atoms with Crippen LogP contribution in [-0.2, 0) is 0 Å². The topological polar surface area (TPSA) is 27.1 Å². The second-order valence-corrected chi connectivity index (χ2v) is 4.36. The third-order valence-electron chi connectivity index (χ3n) is 1.91. The van der Waals surface area contributed by atoms with Crippen molar-refractivity contribution in [3.05, 3.63) is 0 Å². The standard InChI is InChI=1S/C8H16N2S/c1-7-5-10(8(2)9)3-4-11-6-7/h7,9H,3-6H2,1-2H3. The Balaban J connectivity index is 2.45. The van der Waals surface area contributed by atoms with E-state index in [1.807, 2.05) is 18.7 Å². The molecular weight excluding hydrogens is 156 g/mol. The summed E-state index contributed by atoms with van der Waals surface area (Å²) >= 11 is 2.01.